The highest BCUT2D eigenvalue weighted by molar-refractivity contribution is 6.83. The first-order valence-corrected chi connectivity index (χ1v) is 8.53. The molecule has 1 aromatic carbocycles. The van der Waals surface area contributed by atoms with Crippen LogP contribution in [0.25, 0.3) is 0 Å². The van der Waals surface area contributed by atoms with Gasteiger partial charge in [-0.25, -0.2) is 0 Å². The number of rotatable bonds is 6. The van der Waals surface area contributed by atoms with Crippen LogP contribution in [0.2, 0.25) is 5.04 Å². The molecule has 0 fully saturated rings. The summed E-state index contributed by atoms with van der Waals surface area (Å²) in [6.45, 7) is 6.32. The number of hydrogen-bond donors (Lipinski definition) is 0. The molecule has 0 N–H and O–H groups in total. The first-order valence-electron chi connectivity index (χ1n) is 6.72. The molecule has 0 heterocycles. The Morgan fingerprint density at radius 3 is 1.43 bits per heavy atom. The van der Waals surface area contributed by atoms with Crippen molar-refractivity contribution in [3.05, 3.63) is 12.1 Å². The molecule has 0 unspecified atom stereocenters. The molecule has 0 bridgehead atoms. The van der Waals surface area contributed by atoms with Crippen molar-refractivity contribution in [1.29, 1.82) is 0 Å². The summed E-state index contributed by atoms with van der Waals surface area (Å²) in [6.07, 6.45) is 0. The third kappa shape index (κ3) is 3.02. The largest absolute Gasteiger partial charge is 0.493 e. The van der Waals surface area contributed by atoms with Gasteiger partial charge < -0.3 is 23.1 Å². The second-order valence-electron chi connectivity index (χ2n) is 5.69. The van der Waals surface area contributed by atoms with E-state index >= 15 is 0 Å². The van der Waals surface area contributed by atoms with Crippen molar-refractivity contribution in [1.82, 2.24) is 0 Å². The highest BCUT2D eigenvalue weighted by Crippen LogP contribution is 2.41. The smallest absolute Gasteiger partial charge is 0.377 e. The molecule has 0 saturated heterocycles. The Labute approximate surface area is 128 Å². The Kier molecular flexibility index (Phi) is 5.66. The van der Waals surface area contributed by atoms with Gasteiger partial charge in [-0.2, -0.15) is 0 Å². The van der Waals surface area contributed by atoms with E-state index in [-0.39, 0.29) is 5.04 Å². The van der Waals surface area contributed by atoms with Crippen molar-refractivity contribution in [2.75, 3.05) is 35.5 Å². The van der Waals surface area contributed by atoms with Crippen LogP contribution in [-0.4, -0.2) is 44.1 Å². The van der Waals surface area contributed by atoms with Crippen LogP contribution in [-0.2, 0) is 8.85 Å². The molecule has 0 amide bonds. The summed E-state index contributed by atoms with van der Waals surface area (Å²) in [6, 6.07) is 3.82. The van der Waals surface area contributed by atoms with Gasteiger partial charge in [-0.3, -0.25) is 0 Å². The van der Waals surface area contributed by atoms with Gasteiger partial charge in [-0.15, -0.1) is 0 Å². The molecule has 1 rings (SSSR count). The molecule has 0 aliphatic carbocycles. The fourth-order valence-electron chi connectivity index (χ4n) is 2.64. The van der Waals surface area contributed by atoms with Gasteiger partial charge in [0.1, 0.15) is 0 Å². The minimum Gasteiger partial charge on any atom is -0.493 e. The molecule has 0 aliphatic rings. The minimum atomic E-state index is -2.67. The Hall–Kier alpha value is -1.24. The predicted octanol–water partition coefficient (Wildman–Crippen LogP) is 2.45. The van der Waals surface area contributed by atoms with E-state index in [1.54, 1.807) is 35.5 Å². The lowest BCUT2D eigenvalue weighted by atomic mass is 10.2. The molecule has 0 spiro atoms. The Morgan fingerprint density at radius 1 is 0.762 bits per heavy atom. The molecular weight excluding hydrogens is 288 g/mol. The van der Waals surface area contributed by atoms with Gasteiger partial charge >= 0.3 is 8.56 Å². The van der Waals surface area contributed by atoms with Crippen LogP contribution in [0.1, 0.15) is 20.8 Å². The number of methoxy groups -OCH3 is 3. The van der Waals surface area contributed by atoms with Gasteiger partial charge in [-0.1, -0.05) is 20.8 Å². The van der Waals surface area contributed by atoms with Crippen molar-refractivity contribution in [3.63, 3.8) is 0 Å². The average molecular weight is 314 g/mol. The van der Waals surface area contributed by atoms with Crippen LogP contribution < -0.4 is 19.4 Å². The van der Waals surface area contributed by atoms with E-state index in [9.17, 15) is 0 Å². The summed E-state index contributed by atoms with van der Waals surface area (Å²) in [5.74, 6) is 1.76. The number of hydrogen-bond acceptors (Lipinski definition) is 5. The molecule has 6 heteroatoms. The van der Waals surface area contributed by atoms with Crippen LogP contribution >= 0.6 is 0 Å². The zero-order chi connectivity index (χ0) is 16.3. The van der Waals surface area contributed by atoms with Crippen LogP contribution in [0.15, 0.2) is 12.1 Å². The molecule has 0 radical (unpaired) electrons. The second kappa shape index (κ2) is 6.68. The van der Waals surface area contributed by atoms with Gasteiger partial charge in [0.25, 0.3) is 0 Å². The number of ether oxygens (including phenoxy) is 3. The zero-order valence-corrected chi connectivity index (χ0v) is 15.2. The minimum absolute atomic E-state index is 0.166. The molecule has 1 aromatic rings. The summed E-state index contributed by atoms with van der Waals surface area (Å²) in [5, 5.41) is 0.774. The summed E-state index contributed by atoms with van der Waals surface area (Å²) in [7, 11) is 5.48. The summed E-state index contributed by atoms with van der Waals surface area (Å²) >= 11 is 0. The van der Waals surface area contributed by atoms with E-state index < -0.39 is 8.56 Å². The van der Waals surface area contributed by atoms with E-state index in [1.807, 2.05) is 12.1 Å². The lowest BCUT2D eigenvalue weighted by Crippen LogP contribution is -2.59. The SMILES string of the molecule is COc1cc([Si](OC)(OC)C(C)(C)C)cc(OC)c1OC. The molecule has 21 heavy (non-hydrogen) atoms. The first kappa shape index (κ1) is 17.8. The van der Waals surface area contributed by atoms with E-state index in [0.717, 1.165) is 5.19 Å². The lowest BCUT2D eigenvalue weighted by Gasteiger charge is -2.39. The highest BCUT2D eigenvalue weighted by Gasteiger charge is 2.50. The first-order chi connectivity index (χ1) is 9.81. The van der Waals surface area contributed by atoms with Crippen molar-refractivity contribution in [2.24, 2.45) is 0 Å². The normalized spacial score (nSPS) is 12.2. The molecule has 0 saturated carbocycles. The topological polar surface area (TPSA) is 46.2 Å². The van der Waals surface area contributed by atoms with Crippen molar-refractivity contribution in [2.45, 2.75) is 25.8 Å². The van der Waals surface area contributed by atoms with Gasteiger partial charge in [0.05, 0.1) is 21.3 Å². The second-order valence-corrected chi connectivity index (χ2v) is 9.82. The van der Waals surface area contributed by atoms with Crippen molar-refractivity contribution >= 4 is 13.7 Å². The monoisotopic (exact) mass is 314 g/mol. The van der Waals surface area contributed by atoms with Crippen molar-refractivity contribution < 1.29 is 23.1 Å². The van der Waals surface area contributed by atoms with Gasteiger partial charge in [0.2, 0.25) is 5.75 Å². The average Bonchev–Trinajstić information content (AvgIpc) is 2.46. The highest BCUT2D eigenvalue weighted by atomic mass is 28.4. The lowest BCUT2D eigenvalue weighted by molar-refractivity contribution is 0.229. The Morgan fingerprint density at radius 2 is 1.19 bits per heavy atom. The van der Waals surface area contributed by atoms with Gasteiger partial charge in [-0.05, 0) is 12.1 Å². The van der Waals surface area contributed by atoms with E-state index in [1.165, 1.54) is 0 Å². The summed E-state index contributed by atoms with van der Waals surface area (Å²) in [4.78, 5) is 0. The van der Waals surface area contributed by atoms with Crippen LogP contribution in [0, 0.1) is 0 Å². The van der Waals surface area contributed by atoms with E-state index in [4.69, 9.17) is 23.1 Å². The number of benzene rings is 1. The fourth-order valence-corrected chi connectivity index (χ4v) is 6.01. The standard InChI is InChI=1S/C15H26O5Si/c1-15(2,3)21(19-7,20-8)11-9-12(16-4)14(18-6)13(10-11)17-5/h9-10H,1-8H3. The Balaban J connectivity index is 3.61. The molecule has 0 aromatic heterocycles. The Bertz CT molecular complexity index is 452. The van der Waals surface area contributed by atoms with Gasteiger partial charge in [0.15, 0.2) is 11.5 Å². The third-order valence-corrected chi connectivity index (χ3v) is 7.78. The zero-order valence-electron chi connectivity index (χ0n) is 14.2. The fraction of sp³-hybridized carbons (Fsp3) is 0.600. The predicted molar refractivity (Wildman–Crippen MR) is 85.2 cm³/mol. The maximum absolute atomic E-state index is 5.87. The molecule has 120 valence electrons. The third-order valence-electron chi connectivity index (χ3n) is 3.61. The summed E-state index contributed by atoms with van der Waals surface area (Å²) < 4.78 is 28.0. The van der Waals surface area contributed by atoms with Crippen LogP contribution in [0.4, 0.5) is 0 Å². The van der Waals surface area contributed by atoms with Crippen molar-refractivity contribution in [3.8, 4) is 17.2 Å². The van der Waals surface area contributed by atoms with E-state index in [2.05, 4.69) is 20.8 Å². The van der Waals surface area contributed by atoms with Gasteiger partial charge in [0, 0.05) is 24.4 Å². The van der Waals surface area contributed by atoms with Crippen LogP contribution in [0.5, 0.6) is 17.2 Å². The maximum Gasteiger partial charge on any atom is 0.377 e. The molecule has 0 atom stereocenters. The maximum atomic E-state index is 5.87. The molecular formula is C15H26O5Si. The quantitative estimate of drug-likeness (QED) is 0.755. The summed E-state index contributed by atoms with van der Waals surface area (Å²) in [5.41, 5.74) is 0. The molecule has 0 aliphatic heterocycles. The van der Waals surface area contributed by atoms with E-state index in [0.29, 0.717) is 17.2 Å². The van der Waals surface area contributed by atoms with Crippen LogP contribution in [0.3, 0.4) is 0 Å². The molecule has 5 nitrogen and oxygen atoms in total.